The number of aryl methyl sites for hydroxylation is 4. The van der Waals surface area contributed by atoms with E-state index in [1.165, 1.54) is 57.8 Å². The van der Waals surface area contributed by atoms with Gasteiger partial charge in [0.1, 0.15) is 76.2 Å². The SMILES string of the molecule is CC(C)c1cnc(Br)cc1Oc1cnc(N)nc1NC1CCCCC1.CCC(CO)Cc1nc(N)ncc1Oc1cc(C2CC2)ncc1C(C)C.COc1cc(Oc2cnc(C)nc2N)c(/C=C/c2ccccc2)cn1.Cc1ncc(Oc2cc(Br)ncc2C(C)C)c(NC2CC2)n1.Cc1ncc(Oc2cc(Br)ncc2C(C)C)c(NCC(C)C)n1.Cc1ncc(Oc2cc(Br)ncc2C(C)C)c(N[C@H](C)C2CC2)n1. The third-order valence-corrected chi connectivity index (χ3v) is 25.6. The highest BCUT2D eigenvalue weighted by atomic mass is 79.9. The highest BCUT2D eigenvalue weighted by Crippen LogP contribution is 2.46. The van der Waals surface area contributed by atoms with Crippen LogP contribution in [0.25, 0.3) is 12.2 Å². The number of halogens is 4. The standard InChI is InChI=1S/C20H28N4O2.C19H18N4O2.C18H24BrN5O.C18H23BrN4O.C17H23BrN4O.C16H19BrN4O/c1-4-13(11-25)7-17-19(10-23-20(21)24-17)26-18-8-16(14-5-6-14)22-9-15(18)12(2)3;1-13-21-12-17(19(20)23-13)25-16-10-18(24-2)22-11-15(16)9-8-14-6-4-3-5-7-14;1-11(2)13-9-21-16(19)8-14(13)25-15-10-22-18(20)24-17(15)23-12-6-4-3-5-7-12;1-10(2)14-8-21-17(19)7-15(14)24-16-9-20-12(4)23-18(16)22-11(3)13-5-6-13;1-10(2)7-21-17-15(9-19-12(5)22-17)23-14-6-16(18)20-8-13(14)11(3)4;1-9(2)12-7-19-15(17)6-13(12)22-14-8-18-10(3)20-16(14)21-11-4-5-11/h8-10,12-14,25H,4-7,11H2,1-3H3,(H2,21,23,24);3-12H,1-2H3,(H2,20,21,23);8-12H,3-7H2,1-2H3,(H3,20,22,23,24);7-11,13H,5-6H2,1-4H3,(H,20,22,23);6,8-11H,7H2,1-5H3,(H,19,21,22);6-9,11H,4-5H2,1-3H3,(H,18,20,21)/b;9-8+;;;;/t;;;11-;;/m...1../s1. The summed E-state index contributed by atoms with van der Waals surface area (Å²) in [5, 5.41) is 23.3. The lowest BCUT2D eigenvalue weighted by atomic mass is 9.95. The lowest BCUT2D eigenvalue weighted by Gasteiger charge is -2.24. The molecule has 1 unspecified atom stereocenters. The van der Waals surface area contributed by atoms with E-state index in [0.717, 1.165) is 153 Å². The molecule has 0 aliphatic heterocycles. The Labute approximate surface area is 884 Å². The van der Waals surface area contributed by atoms with Gasteiger partial charge < -0.3 is 76.7 Å². The van der Waals surface area contributed by atoms with Crippen LogP contribution in [-0.2, 0) is 6.42 Å². The molecule has 4 aliphatic carbocycles. The van der Waals surface area contributed by atoms with Crippen molar-refractivity contribution in [1.29, 1.82) is 0 Å². The predicted molar refractivity (Wildman–Crippen MR) is 586 cm³/mol. The molecule has 145 heavy (non-hydrogen) atoms. The molecule has 33 nitrogen and oxygen atoms in total. The Morgan fingerprint density at radius 3 is 1.27 bits per heavy atom. The molecular formula is C108H135Br4N25O8. The summed E-state index contributed by atoms with van der Waals surface area (Å²) < 4.78 is 44.9. The van der Waals surface area contributed by atoms with Crippen molar-refractivity contribution in [3.8, 4) is 74.9 Å². The average Bonchev–Trinajstić information content (AvgIpc) is 1.43. The Bertz CT molecular complexity index is 6450. The second kappa shape index (κ2) is 54.0. The zero-order chi connectivity index (χ0) is 104. The van der Waals surface area contributed by atoms with E-state index in [-0.39, 0.29) is 30.2 Å². The molecule has 4 aliphatic rings. The quantitative estimate of drug-likeness (QED) is 0.0171. The Morgan fingerprint density at radius 1 is 0.400 bits per heavy atom. The normalized spacial score (nSPS) is 13.7. The van der Waals surface area contributed by atoms with Crippen LogP contribution in [0.3, 0.4) is 0 Å². The predicted octanol–water partition coefficient (Wildman–Crippen LogP) is 26.8. The number of ether oxygens (including phenoxy) is 7. The van der Waals surface area contributed by atoms with E-state index in [0.29, 0.717) is 135 Å². The number of nitrogens with two attached hydrogens (primary N) is 3. The number of hydrogen-bond donors (Lipinski definition) is 8. The van der Waals surface area contributed by atoms with Crippen molar-refractivity contribution in [1.82, 2.24) is 89.7 Å². The first-order valence-electron chi connectivity index (χ1n) is 49.5. The molecule has 12 aromatic heterocycles. The van der Waals surface area contributed by atoms with E-state index >= 15 is 0 Å². The Kier molecular flexibility index (Phi) is 41.4. The number of anilines is 7. The number of rotatable bonds is 35. The zero-order valence-electron chi connectivity index (χ0n) is 86.1. The Balaban J connectivity index is 0.000000155. The molecule has 0 radical (unpaired) electrons. The van der Waals surface area contributed by atoms with Gasteiger partial charge in [-0.2, -0.15) is 4.98 Å². The van der Waals surface area contributed by atoms with Crippen LogP contribution in [-0.4, -0.2) is 133 Å². The molecule has 0 amide bonds. The van der Waals surface area contributed by atoms with Crippen molar-refractivity contribution in [3.63, 3.8) is 0 Å². The van der Waals surface area contributed by atoms with Crippen molar-refractivity contribution in [3.05, 3.63) is 233 Å². The highest BCUT2D eigenvalue weighted by molar-refractivity contribution is 9.11. The smallest absolute Gasteiger partial charge is 0.222 e. The first-order chi connectivity index (χ1) is 69.5. The molecule has 4 fully saturated rings. The number of benzene rings is 1. The summed E-state index contributed by atoms with van der Waals surface area (Å²) in [5.74, 6) is 18.2. The van der Waals surface area contributed by atoms with Gasteiger partial charge >= 0.3 is 0 Å². The number of hydrogen-bond acceptors (Lipinski definition) is 33. The molecule has 768 valence electrons. The van der Waals surface area contributed by atoms with Gasteiger partial charge in [0.15, 0.2) is 63.6 Å². The van der Waals surface area contributed by atoms with Crippen LogP contribution < -0.4 is 71.6 Å². The van der Waals surface area contributed by atoms with Crippen molar-refractivity contribution < 1.29 is 38.3 Å². The van der Waals surface area contributed by atoms with Crippen LogP contribution in [0.15, 0.2) is 160 Å². The summed E-state index contributed by atoms with van der Waals surface area (Å²) in [6.45, 7) is 38.1. The van der Waals surface area contributed by atoms with Gasteiger partial charge in [-0.1, -0.05) is 152 Å². The average molecular weight is 2230 g/mol. The van der Waals surface area contributed by atoms with E-state index in [9.17, 15) is 5.11 Å². The number of aliphatic hydroxyl groups excluding tert-OH is 1. The molecule has 12 heterocycles. The maximum atomic E-state index is 9.53. The molecule has 11 N–H and O–H groups in total. The third kappa shape index (κ3) is 34.5. The number of aromatic nitrogens is 18. The highest BCUT2D eigenvalue weighted by Gasteiger charge is 2.32. The molecule has 17 rings (SSSR count). The number of aliphatic hydroxyl groups is 1. The number of nitrogen functional groups attached to an aromatic ring is 3. The van der Waals surface area contributed by atoms with Gasteiger partial charge in [-0.25, -0.2) is 79.7 Å². The largest absolute Gasteiger partial charge is 0.481 e. The topological polar surface area (TPSA) is 443 Å². The minimum absolute atomic E-state index is 0.109. The van der Waals surface area contributed by atoms with Crippen molar-refractivity contribution in [2.75, 3.05) is 58.7 Å². The summed E-state index contributed by atoms with van der Waals surface area (Å²) in [6.07, 6.45) is 39.7. The fourth-order valence-electron chi connectivity index (χ4n) is 15.0. The van der Waals surface area contributed by atoms with Gasteiger partial charge in [0.05, 0.1) is 50.0 Å². The molecule has 1 aromatic carbocycles. The van der Waals surface area contributed by atoms with E-state index < -0.39 is 0 Å². The molecule has 0 spiro atoms. The third-order valence-electron chi connectivity index (χ3n) is 23.8. The lowest BCUT2D eigenvalue weighted by Crippen LogP contribution is -2.23. The van der Waals surface area contributed by atoms with Crippen LogP contribution in [0.2, 0.25) is 0 Å². The van der Waals surface area contributed by atoms with Crippen molar-refractivity contribution in [2.24, 2.45) is 17.8 Å². The lowest BCUT2D eigenvalue weighted by molar-refractivity contribution is 0.220. The van der Waals surface area contributed by atoms with E-state index in [1.807, 2.05) is 125 Å². The molecular weight excluding hydrogens is 2090 g/mol. The fraction of sp³-hybridized carbons (Fsp3) is 0.426. The van der Waals surface area contributed by atoms with Gasteiger partial charge in [0.25, 0.3) is 0 Å². The zero-order valence-corrected chi connectivity index (χ0v) is 92.4. The summed E-state index contributed by atoms with van der Waals surface area (Å²) >= 11 is 13.6. The monoisotopic (exact) mass is 2230 g/mol. The van der Waals surface area contributed by atoms with Crippen molar-refractivity contribution >= 4 is 117 Å². The van der Waals surface area contributed by atoms with E-state index in [4.69, 9.17) is 50.4 Å². The summed E-state index contributed by atoms with van der Waals surface area (Å²) in [4.78, 5) is 77.5. The Morgan fingerprint density at radius 2 is 0.814 bits per heavy atom. The summed E-state index contributed by atoms with van der Waals surface area (Å²) in [5.41, 5.74) is 26.4. The molecule has 0 saturated heterocycles. The van der Waals surface area contributed by atoms with Crippen LogP contribution in [0.4, 0.5) is 41.0 Å². The molecule has 2 atom stereocenters. The van der Waals surface area contributed by atoms with Crippen LogP contribution >= 0.6 is 63.7 Å². The maximum Gasteiger partial charge on any atom is 0.222 e. The minimum atomic E-state index is 0.109. The van der Waals surface area contributed by atoms with E-state index in [1.54, 1.807) is 63.5 Å². The first-order valence-corrected chi connectivity index (χ1v) is 52.6. The van der Waals surface area contributed by atoms with Gasteiger partial charge in [-0.15, -0.1) is 0 Å². The molecule has 37 heteroatoms. The second-order valence-electron chi connectivity index (χ2n) is 38.1. The summed E-state index contributed by atoms with van der Waals surface area (Å²) in [6, 6.07) is 22.5. The van der Waals surface area contributed by atoms with Crippen LogP contribution in [0, 0.1) is 45.4 Å². The molecule has 13 aromatic rings. The molecule has 0 bridgehead atoms. The minimum Gasteiger partial charge on any atom is -0.481 e. The molecule has 4 saturated carbocycles. The van der Waals surface area contributed by atoms with Gasteiger partial charge in [0.2, 0.25) is 17.8 Å². The van der Waals surface area contributed by atoms with E-state index in [2.05, 4.69) is 271 Å². The van der Waals surface area contributed by atoms with Crippen LogP contribution in [0.1, 0.15) is 283 Å². The maximum absolute atomic E-state index is 9.53. The fourth-order valence-corrected chi connectivity index (χ4v) is 16.2. The number of methoxy groups -OCH3 is 1. The van der Waals surface area contributed by atoms with Gasteiger partial charge in [0, 0.05) is 150 Å². The summed E-state index contributed by atoms with van der Waals surface area (Å²) in [7, 11) is 1.55. The number of nitrogens with zero attached hydrogens (tertiary/aromatic N) is 18. The van der Waals surface area contributed by atoms with Crippen molar-refractivity contribution in [2.45, 2.75) is 262 Å². The van der Waals surface area contributed by atoms with Gasteiger partial charge in [-0.3, -0.25) is 4.98 Å². The van der Waals surface area contributed by atoms with Crippen LogP contribution in [0.5, 0.6) is 74.9 Å². The second-order valence-corrected chi connectivity index (χ2v) is 41.4. The Hall–Kier alpha value is -12.6. The number of nitrogens with one attached hydrogen (secondary N) is 4. The first kappa shape index (κ1) is 111. The van der Waals surface area contributed by atoms with Gasteiger partial charge in [-0.05, 0) is 215 Å². The number of pyridine rings is 6.